The molecule has 3 rings (SSSR count). The van der Waals surface area contributed by atoms with Crippen molar-refractivity contribution < 1.29 is 26.3 Å². The third kappa shape index (κ3) is 5.73. The molecule has 0 aromatic heterocycles. The number of anilines is 1. The first-order valence-electron chi connectivity index (χ1n) is 11.1. The standard InChI is InChI=1S/C26H28F3NO3S/c1-4-22(5-2)30(34(31,32)23-9-7-6-8-10-23)24-16-15-21(26(27,28)29)17-25(24)33-18-20-13-11-19(3)12-14-20/h6-17,22H,4-5,18H2,1-3H3. The number of aryl methyl sites for hydroxylation is 1. The van der Waals surface area contributed by atoms with Gasteiger partial charge in [0.1, 0.15) is 12.4 Å². The molecule has 3 aromatic rings. The Morgan fingerprint density at radius 1 is 0.912 bits per heavy atom. The molecular weight excluding hydrogens is 463 g/mol. The van der Waals surface area contributed by atoms with Gasteiger partial charge in [0.25, 0.3) is 10.0 Å². The second kappa shape index (κ2) is 10.5. The minimum absolute atomic E-state index is 0.00324. The quantitative estimate of drug-likeness (QED) is 0.325. The van der Waals surface area contributed by atoms with Crippen LogP contribution >= 0.6 is 0 Å². The Hall–Kier alpha value is -3.00. The summed E-state index contributed by atoms with van der Waals surface area (Å²) < 4.78 is 74.9. The van der Waals surface area contributed by atoms with Gasteiger partial charge in [-0.05, 0) is 55.7 Å². The van der Waals surface area contributed by atoms with Crippen molar-refractivity contribution in [1.29, 1.82) is 0 Å². The van der Waals surface area contributed by atoms with Gasteiger partial charge in [-0.3, -0.25) is 4.31 Å². The fraction of sp³-hybridized carbons (Fsp3) is 0.308. The molecule has 182 valence electrons. The molecule has 34 heavy (non-hydrogen) atoms. The van der Waals surface area contributed by atoms with Gasteiger partial charge in [-0.15, -0.1) is 0 Å². The minimum Gasteiger partial charge on any atom is -0.487 e. The number of rotatable bonds is 9. The van der Waals surface area contributed by atoms with E-state index in [1.165, 1.54) is 22.5 Å². The number of halogens is 3. The lowest BCUT2D eigenvalue weighted by atomic mass is 10.1. The molecule has 0 aliphatic heterocycles. The van der Waals surface area contributed by atoms with E-state index in [9.17, 15) is 21.6 Å². The van der Waals surface area contributed by atoms with Gasteiger partial charge in [0, 0.05) is 6.04 Å². The second-order valence-electron chi connectivity index (χ2n) is 8.04. The SMILES string of the molecule is CCC(CC)N(c1ccc(C(F)(F)F)cc1OCc1ccc(C)cc1)S(=O)(=O)c1ccccc1. The van der Waals surface area contributed by atoms with Crippen LogP contribution in [0.4, 0.5) is 18.9 Å². The van der Waals surface area contributed by atoms with Crippen LogP contribution in [0.5, 0.6) is 5.75 Å². The van der Waals surface area contributed by atoms with Gasteiger partial charge < -0.3 is 4.74 Å². The molecule has 8 heteroatoms. The topological polar surface area (TPSA) is 46.6 Å². The van der Waals surface area contributed by atoms with Gasteiger partial charge >= 0.3 is 6.18 Å². The van der Waals surface area contributed by atoms with Crippen LogP contribution in [0.3, 0.4) is 0 Å². The smallest absolute Gasteiger partial charge is 0.416 e. The van der Waals surface area contributed by atoms with E-state index in [0.29, 0.717) is 12.8 Å². The number of hydrogen-bond acceptors (Lipinski definition) is 3. The third-order valence-electron chi connectivity index (χ3n) is 5.61. The van der Waals surface area contributed by atoms with Crippen molar-refractivity contribution in [2.45, 2.75) is 57.3 Å². The third-order valence-corrected chi connectivity index (χ3v) is 7.49. The fourth-order valence-corrected chi connectivity index (χ4v) is 5.51. The Bertz CT molecular complexity index is 1190. The van der Waals surface area contributed by atoms with Gasteiger partial charge in [-0.2, -0.15) is 13.2 Å². The van der Waals surface area contributed by atoms with Crippen LogP contribution in [0, 0.1) is 6.92 Å². The summed E-state index contributed by atoms with van der Waals surface area (Å²) in [5, 5.41) is 0. The monoisotopic (exact) mass is 491 g/mol. The maximum Gasteiger partial charge on any atom is 0.416 e. The molecule has 0 radical (unpaired) electrons. The van der Waals surface area contributed by atoms with E-state index in [1.54, 1.807) is 18.2 Å². The molecule has 0 saturated carbocycles. The van der Waals surface area contributed by atoms with Crippen molar-refractivity contribution in [3.63, 3.8) is 0 Å². The predicted octanol–water partition coefficient (Wildman–Crippen LogP) is 6.98. The Morgan fingerprint density at radius 2 is 1.53 bits per heavy atom. The lowest BCUT2D eigenvalue weighted by Gasteiger charge is -2.33. The molecule has 0 unspecified atom stereocenters. The first-order valence-corrected chi connectivity index (χ1v) is 12.5. The Balaban J connectivity index is 2.14. The summed E-state index contributed by atoms with van der Waals surface area (Å²) >= 11 is 0. The predicted molar refractivity (Wildman–Crippen MR) is 127 cm³/mol. The summed E-state index contributed by atoms with van der Waals surface area (Å²) in [6.07, 6.45) is -3.65. The van der Waals surface area contributed by atoms with Crippen molar-refractivity contribution >= 4 is 15.7 Å². The summed E-state index contributed by atoms with van der Waals surface area (Å²) in [5.74, 6) is -0.137. The number of hydrogen-bond donors (Lipinski definition) is 0. The zero-order valence-corrected chi connectivity index (χ0v) is 20.2. The minimum atomic E-state index is -4.60. The Labute approximate surface area is 199 Å². The van der Waals surface area contributed by atoms with Crippen molar-refractivity contribution in [2.24, 2.45) is 0 Å². The molecule has 3 aromatic carbocycles. The van der Waals surface area contributed by atoms with E-state index in [4.69, 9.17) is 4.74 Å². The van der Waals surface area contributed by atoms with E-state index in [-0.39, 0.29) is 22.9 Å². The molecule has 0 atom stereocenters. The molecule has 0 spiro atoms. The summed E-state index contributed by atoms with van der Waals surface area (Å²) in [4.78, 5) is 0.0614. The maximum absolute atomic E-state index is 13.7. The van der Waals surface area contributed by atoms with E-state index in [0.717, 1.165) is 23.3 Å². The molecular formula is C26H28F3NO3S. The zero-order valence-electron chi connectivity index (χ0n) is 19.3. The van der Waals surface area contributed by atoms with Gasteiger partial charge in [-0.1, -0.05) is 61.9 Å². The highest BCUT2D eigenvalue weighted by Crippen LogP contribution is 2.40. The zero-order chi connectivity index (χ0) is 24.9. The average Bonchev–Trinajstić information content (AvgIpc) is 2.82. The normalized spacial score (nSPS) is 12.1. The number of sulfonamides is 1. The number of ether oxygens (including phenoxy) is 1. The Kier molecular flexibility index (Phi) is 7.92. The first kappa shape index (κ1) is 25.6. The highest BCUT2D eigenvalue weighted by Gasteiger charge is 2.35. The number of alkyl halides is 3. The summed E-state index contributed by atoms with van der Waals surface area (Å²) in [6.45, 7) is 5.62. The highest BCUT2D eigenvalue weighted by atomic mass is 32.2. The van der Waals surface area contributed by atoms with Crippen molar-refractivity contribution in [2.75, 3.05) is 4.31 Å². The van der Waals surface area contributed by atoms with Crippen molar-refractivity contribution in [3.05, 3.63) is 89.5 Å². The van der Waals surface area contributed by atoms with E-state index in [2.05, 4.69) is 0 Å². The van der Waals surface area contributed by atoms with Gasteiger partial charge in [-0.25, -0.2) is 8.42 Å². The molecule has 0 aliphatic carbocycles. The second-order valence-corrected chi connectivity index (χ2v) is 9.85. The van der Waals surface area contributed by atoms with Gasteiger partial charge in [0.05, 0.1) is 16.1 Å². The van der Waals surface area contributed by atoms with Crippen LogP contribution in [-0.4, -0.2) is 14.5 Å². The van der Waals surface area contributed by atoms with Crippen LogP contribution in [0.25, 0.3) is 0 Å². The molecule has 0 N–H and O–H groups in total. The first-order chi connectivity index (χ1) is 16.1. The van der Waals surface area contributed by atoms with Gasteiger partial charge in [0.2, 0.25) is 0 Å². The van der Waals surface area contributed by atoms with Crippen LogP contribution < -0.4 is 9.04 Å². The molecule has 0 fully saturated rings. The van der Waals surface area contributed by atoms with E-state index < -0.39 is 27.8 Å². The summed E-state index contributed by atoms with van der Waals surface area (Å²) in [6, 6.07) is 17.8. The molecule has 0 bridgehead atoms. The van der Waals surface area contributed by atoms with Crippen LogP contribution in [0.15, 0.2) is 77.7 Å². The fourth-order valence-electron chi connectivity index (χ4n) is 3.68. The van der Waals surface area contributed by atoms with E-state index >= 15 is 0 Å². The lowest BCUT2D eigenvalue weighted by Crippen LogP contribution is -2.40. The molecule has 0 heterocycles. The van der Waals surface area contributed by atoms with Crippen LogP contribution in [0.1, 0.15) is 43.4 Å². The lowest BCUT2D eigenvalue weighted by molar-refractivity contribution is -0.137. The summed E-state index contributed by atoms with van der Waals surface area (Å²) in [5.41, 5.74) is 0.973. The molecule has 0 saturated heterocycles. The van der Waals surface area contributed by atoms with Gasteiger partial charge in [0.15, 0.2) is 0 Å². The Morgan fingerprint density at radius 3 is 2.09 bits per heavy atom. The highest BCUT2D eigenvalue weighted by molar-refractivity contribution is 7.92. The molecule has 0 amide bonds. The molecule has 4 nitrogen and oxygen atoms in total. The molecule has 0 aliphatic rings. The maximum atomic E-state index is 13.7. The van der Waals surface area contributed by atoms with Crippen molar-refractivity contribution in [1.82, 2.24) is 0 Å². The summed E-state index contributed by atoms with van der Waals surface area (Å²) in [7, 11) is -4.06. The number of benzene rings is 3. The van der Waals surface area contributed by atoms with Crippen LogP contribution in [-0.2, 0) is 22.8 Å². The number of nitrogens with zero attached hydrogens (tertiary/aromatic N) is 1. The van der Waals surface area contributed by atoms with E-state index in [1.807, 2.05) is 45.0 Å². The van der Waals surface area contributed by atoms with Crippen LogP contribution in [0.2, 0.25) is 0 Å². The largest absolute Gasteiger partial charge is 0.487 e. The average molecular weight is 492 g/mol. The van der Waals surface area contributed by atoms with Crippen molar-refractivity contribution in [3.8, 4) is 5.75 Å².